The molecule has 0 spiro atoms. The van der Waals surface area contributed by atoms with Crippen molar-refractivity contribution in [3.63, 3.8) is 0 Å². The predicted octanol–water partition coefficient (Wildman–Crippen LogP) is 2.19. The molecule has 0 saturated carbocycles. The summed E-state index contributed by atoms with van der Waals surface area (Å²) in [7, 11) is 0. The summed E-state index contributed by atoms with van der Waals surface area (Å²) in [5.41, 5.74) is 0.540. The van der Waals surface area contributed by atoms with Crippen LogP contribution in [-0.4, -0.2) is 18.6 Å². The van der Waals surface area contributed by atoms with Crippen LogP contribution in [0.15, 0.2) is 35.9 Å². The van der Waals surface area contributed by atoms with Gasteiger partial charge >= 0.3 is 0 Å². The number of carbonyl (C=O) groups is 1. The van der Waals surface area contributed by atoms with Crippen LogP contribution in [0.2, 0.25) is 0 Å². The number of rotatable bonds is 5. The van der Waals surface area contributed by atoms with Crippen molar-refractivity contribution < 1.29 is 9.53 Å². The Labute approximate surface area is 111 Å². The molecule has 94 valence electrons. The molecule has 0 bridgehead atoms. The van der Waals surface area contributed by atoms with Crippen molar-refractivity contribution in [2.75, 3.05) is 6.54 Å². The molecule has 1 aromatic rings. The van der Waals surface area contributed by atoms with E-state index < -0.39 is 6.10 Å². The summed E-state index contributed by atoms with van der Waals surface area (Å²) in [5, 5.41) is 11.6. The number of ether oxygens (including phenoxy) is 1. The predicted molar refractivity (Wildman–Crippen MR) is 69.2 cm³/mol. The van der Waals surface area contributed by atoms with Crippen molar-refractivity contribution in [2.24, 2.45) is 0 Å². The Morgan fingerprint density at radius 3 is 2.67 bits per heavy atom. The van der Waals surface area contributed by atoms with Crippen LogP contribution in [0.4, 0.5) is 0 Å². The van der Waals surface area contributed by atoms with Gasteiger partial charge in [0.15, 0.2) is 6.10 Å². The first kappa shape index (κ1) is 14.1. The quantitative estimate of drug-likeness (QED) is 0.887. The van der Waals surface area contributed by atoms with E-state index >= 15 is 0 Å². The Hall–Kier alpha value is -1.99. The Kier molecular flexibility index (Phi) is 5.22. The summed E-state index contributed by atoms with van der Waals surface area (Å²) in [4.78, 5) is 11.6. The number of benzene rings is 1. The Morgan fingerprint density at radius 2 is 2.17 bits per heavy atom. The van der Waals surface area contributed by atoms with Gasteiger partial charge in [0.1, 0.15) is 5.75 Å². The van der Waals surface area contributed by atoms with Crippen LogP contribution in [0.3, 0.4) is 0 Å². The third-order valence-corrected chi connectivity index (χ3v) is 2.25. The lowest BCUT2D eigenvalue weighted by Gasteiger charge is -2.14. The van der Waals surface area contributed by atoms with E-state index in [4.69, 9.17) is 21.6 Å². The molecule has 0 aromatic heterocycles. The van der Waals surface area contributed by atoms with Gasteiger partial charge in [-0.15, -0.1) is 0 Å². The minimum absolute atomic E-state index is 0.210. The third-order valence-electron chi connectivity index (χ3n) is 2.12. The highest BCUT2D eigenvalue weighted by Gasteiger charge is 2.14. The molecule has 4 nitrogen and oxygen atoms in total. The number of hydrogen-bond acceptors (Lipinski definition) is 3. The molecule has 1 unspecified atom stereocenters. The molecule has 18 heavy (non-hydrogen) atoms. The van der Waals surface area contributed by atoms with Crippen LogP contribution in [0.25, 0.3) is 0 Å². The monoisotopic (exact) mass is 264 g/mol. The maximum atomic E-state index is 11.6. The van der Waals surface area contributed by atoms with Gasteiger partial charge in [-0.25, -0.2) is 0 Å². The standard InChI is InChI=1S/C13H13ClN2O2/c1-9(14)8-16-13(17)10(2)18-12-5-3-11(7-15)4-6-12/h3-6,10H,1,8H2,2H3,(H,16,17). The summed E-state index contributed by atoms with van der Waals surface area (Å²) in [6, 6.07) is 8.54. The van der Waals surface area contributed by atoms with Gasteiger partial charge in [-0.3, -0.25) is 4.79 Å². The van der Waals surface area contributed by atoms with Gasteiger partial charge in [-0.1, -0.05) is 18.2 Å². The fourth-order valence-corrected chi connectivity index (χ4v) is 1.26. The summed E-state index contributed by atoms with van der Waals surface area (Å²) in [5.74, 6) is 0.252. The highest BCUT2D eigenvalue weighted by atomic mass is 35.5. The largest absolute Gasteiger partial charge is 0.481 e. The van der Waals surface area contributed by atoms with E-state index in [1.54, 1.807) is 31.2 Å². The lowest BCUT2D eigenvalue weighted by molar-refractivity contribution is -0.127. The number of nitrogens with one attached hydrogen (secondary N) is 1. The van der Waals surface area contributed by atoms with Gasteiger partial charge < -0.3 is 10.1 Å². The zero-order chi connectivity index (χ0) is 13.5. The molecule has 1 N–H and O–H groups in total. The Balaban J connectivity index is 2.53. The van der Waals surface area contributed by atoms with E-state index in [1.165, 1.54) is 0 Å². The topological polar surface area (TPSA) is 62.1 Å². The van der Waals surface area contributed by atoms with Crippen molar-refractivity contribution in [1.29, 1.82) is 5.26 Å². The maximum absolute atomic E-state index is 11.6. The van der Waals surface area contributed by atoms with Crippen molar-refractivity contribution in [1.82, 2.24) is 5.32 Å². The van der Waals surface area contributed by atoms with Crippen molar-refractivity contribution in [3.05, 3.63) is 41.4 Å². The normalized spacial score (nSPS) is 11.2. The van der Waals surface area contributed by atoms with E-state index in [9.17, 15) is 4.79 Å². The number of amides is 1. The molecule has 0 heterocycles. The summed E-state index contributed by atoms with van der Waals surface area (Å²) in [6.45, 7) is 5.31. The fraction of sp³-hybridized carbons (Fsp3) is 0.231. The molecule has 0 aliphatic carbocycles. The van der Waals surface area contributed by atoms with Crippen LogP contribution in [0.1, 0.15) is 12.5 Å². The molecule has 1 rings (SSSR count). The third kappa shape index (κ3) is 4.48. The molecule has 0 aliphatic heterocycles. The molecule has 0 fully saturated rings. The second-order valence-electron chi connectivity index (χ2n) is 3.63. The Bertz CT molecular complexity index is 477. The van der Waals surface area contributed by atoms with Crippen LogP contribution in [0, 0.1) is 11.3 Å². The van der Waals surface area contributed by atoms with Gasteiger partial charge in [0.2, 0.25) is 0 Å². The minimum atomic E-state index is -0.644. The molecule has 0 aliphatic rings. The highest BCUT2D eigenvalue weighted by Crippen LogP contribution is 2.13. The Morgan fingerprint density at radius 1 is 1.56 bits per heavy atom. The zero-order valence-corrected chi connectivity index (χ0v) is 10.7. The van der Waals surface area contributed by atoms with Gasteiger partial charge in [-0.05, 0) is 31.2 Å². The molecule has 1 aromatic carbocycles. The number of nitrogens with zero attached hydrogens (tertiary/aromatic N) is 1. The molecule has 1 atom stereocenters. The first-order valence-electron chi connectivity index (χ1n) is 5.30. The highest BCUT2D eigenvalue weighted by molar-refractivity contribution is 6.29. The smallest absolute Gasteiger partial charge is 0.261 e. The average molecular weight is 265 g/mol. The SMILES string of the molecule is C=C(Cl)CNC(=O)C(C)Oc1ccc(C#N)cc1. The summed E-state index contributed by atoms with van der Waals surface area (Å²) >= 11 is 5.54. The maximum Gasteiger partial charge on any atom is 0.261 e. The van der Waals surface area contributed by atoms with E-state index in [-0.39, 0.29) is 12.5 Å². The van der Waals surface area contributed by atoms with E-state index in [0.29, 0.717) is 16.3 Å². The first-order valence-corrected chi connectivity index (χ1v) is 5.68. The number of halogens is 1. The van der Waals surface area contributed by atoms with Gasteiger partial charge in [0.25, 0.3) is 5.91 Å². The second-order valence-corrected chi connectivity index (χ2v) is 4.17. The lowest BCUT2D eigenvalue weighted by atomic mass is 10.2. The fourth-order valence-electron chi connectivity index (χ4n) is 1.19. The van der Waals surface area contributed by atoms with Gasteiger partial charge in [-0.2, -0.15) is 5.26 Å². The van der Waals surface area contributed by atoms with Crippen molar-refractivity contribution in [3.8, 4) is 11.8 Å². The van der Waals surface area contributed by atoms with Crippen molar-refractivity contribution in [2.45, 2.75) is 13.0 Å². The average Bonchev–Trinajstić information content (AvgIpc) is 2.36. The van der Waals surface area contributed by atoms with Gasteiger partial charge in [0, 0.05) is 5.03 Å². The van der Waals surface area contributed by atoms with E-state index in [1.807, 2.05) is 6.07 Å². The number of carbonyl (C=O) groups excluding carboxylic acids is 1. The van der Waals surface area contributed by atoms with Crippen LogP contribution in [-0.2, 0) is 4.79 Å². The summed E-state index contributed by atoms with van der Waals surface area (Å²) < 4.78 is 5.41. The summed E-state index contributed by atoms with van der Waals surface area (Å²) in [6.07, 6.45) is -0.644. The first-order chi connectivity index (χ1) is 8.52. The van der Waals surface area contributed by atoms with Crippen LogP contribution >= 0.6 is 11.6 Å². The molecule has 0 saturated heterocycles. The molecular formula is C13H13ClN2O2. The van der Waals surface area contributed by atoms with Crippen molar-refractivity contribution >= 4 is 17.5 Å². The van der Waals surface area contributed by atoms with Crippen LogP contribution in [0.5, 0.6) is 5.75 Å². The molecule has 5 heteroatoms. The zero-order valence-electron chi connectivity index (χ0n) is 9.94. The molecule has 1 amide bonds. The minimum Gasteiger partial charge on any atom is -0.481 e. The number of hydrogen-bond donors (Lipinski definition) is 1. The van der Waals surface area contributed by atoms with E-state index in [0.717, 1.165) is 0 Å². The van der Waals surface area contributed by atoms with Gasteiger partial charge in [0.05, 0.1) is 18.2 Å². The molecule has 0 radical (unpaired) electrons. The number of nitriles is 1. The molecular weight excluding hydrogens is 252 g/mol. The van der Waals surface area contributed by atoms with Crippen LogP contribution < -0.4 is 10.1 Å². The van der Waals surface area contributed by atoms with E-state index in [2.05, 4.69) is 11.9 Å². The lowest BCUT2D eigenvalue weighted by Crippen LogP contribution is -2.36. The second kappa shape index (κ2) is 6.67.